The highest BCUT2D eigenvalue weighted by atomic mass is 79.9. The van der Waals surface area contributed by atoms with Crippen molar-refractivity contribution in [2.24, 2.45) is 10.8 Å². The van der Waals surface area contributed by atoms with Crippen molar-refractivity contribution in [2.75, 3.05) is 0 Å². The highest BCUT2D eigenvalue weighted by Crippen LogP contribution is 2.45. The van der Waals surface area contributed by atoms with Gasteiger partial charge in [0.05, 0.1) is 5.56 Å². The third-order valence-electron chi connectivity index (χ3n) is 4.07. The van der Waals surface area contributed by atoms with Crippen LogP contribution in [0.15, 0.2) is 22.7 Å². The average molecular weight is 356 g/mol. The van der Waals surface area contributed by atoms with Crippen LogP contribution in [0.5, 0.6) is 0 Å². The fourth-order valence-electron chi connectivity index (χ4n) is 3.88. The molecule has 1 aliphatic carbocycles. The summed E-state index contributed by atoms with van der Waals surface area (Å²) in [5, 5.41) is 3.12. The monoisotopic (exact) mass is 355 g/mol. The van der Waals surface area contributed by atoms with Crippen LogP contribution >= 0.6 is 15.9 Å². The van der Waals surface area contributed by atoms with Crippen molar-refractivity contribution in [1.29, 1.82) is 0 Å². The molecule has 4 heteroatoms. The summed E-state index contributed by atoms with van der Waals surface area (Å²) in [5.41, 5.74) is 0.928. The Kier molecular flexibility index (Phi) is 4.48. The fourth-order valence-corrected chi connectivity index (χ4v) is 4.42. The van der Waals surface area contributed by atoms with E-state index in [0.29, 0.717) is 10.0 Å². The molecule has 116 valence electrons. The maximum Gasteiger partial charge on any atom is 0.252 e. The van der Waals surface area contributed by atoms with Crippen molar-refractivity contribution in [1.82, 2.24) is 5.32 Å². The fraction of sp³-hybridized carbons (Fsp3) is 0.588. The molecular formula is C17H23BrFNO. The Hall–Kier alpha value is -0.900. The molecule has 0 atom stereocenters. The van der Waals surface area contributed by atoms with Gasteiger partial charge in [-0.2, -0.15) is 0 Å². The molecule has 0 heterocycles. The first-order valence-electron chi connectivity index (χ1n) is 7.34. The first kappa shape index (κ1) is 16.5. The lowest BCUT2D eigenvalue weighted by atomic mass is 9.63. The van der Waals surface area contributed by atoms with Crippen LogP contribution < -0.4 is 5.32 Å². The van der Waals surface area contributed by atoms with Gasteiger partial charge in [0.25, 0.3) is 5.91 Å². The number of rotatable bonds is 2. The van der Waals surface area contributed by atoms with E-state index in [-0.39, 0.29) is 28.6 Å². The van der Waals surface area contributed by atoms with Gasteiger partial charge in [0.1, 0.15) is 5.82 Å². The number of carbonyl (C=O) groups is 1. The molecule has 0 aromatic heterocycles. The van der Waals surface area contributed by atoms with Gasteiger partial charge in [0, 0.05) is 10.5 Å². The molecule has 1 N–H and O–H groups in total. The molecule has 1 aromatic carbocycles. The van der Waals surface area contributed by atoms with Crippen LogP contribution in [0, 0.1) is 16.6 Å². The minimum Gasteiger partial charge on any atom is -0.349 e. The van der Waals surface area contributed by atoms with E-state index in [2.05, 4.69) is 48.9 Å². The smallest absolute Gasteiger partial charge is 0.252 e. The molecule has 0 spiro atoms. The second-order valence-corrected chi connectivity index (χ2v) is 8.56. The van der Waals surface area contributed by atoms with E-state index in [1.807, 2.05) is 0 Å². The van der Waals surface area contributed by atoms with E-state index in [1.165, 1.54) is 18.2 Å². The van der Waals surface area contributed by atoms with Crippen molar-refractivity contribution >= 4 is 21.8 Å². The van der Waals surface area contributed by atoms with Crippen molar-refractivity contribution in [3.63, 3.8) is 0 Å². The van der Waals surface area contributed by atoms with Gasteiger partial charge in [0.15, 0.2) is 0 Å². The summed E-state index contributed by atoms with van der Waals surface area (Å²) in [5.74, 6) is -0.487. The van der Waals surface area contributed by atoms with E-state index in [0.717, 1.165) is 19.3 Å². The number of hydrogen-bond acceptors (Lipinski definition) is 1. The molecule has 1 aliphatic rings. The van der Waals surface area contributed by atoms with E-state index >= 15 is 0 Å². The molecule has 1 saturated carbocycles. The normalized spacial score (nSPS) is 21.0. The Balaban J connectivity index is 2.12. The average Bonchev–Trinajstić information content (AvgIpc) is 2.23. The second kappa shape index (κ2) is 5.71. The summed E-state index contributed by atoms with van der Waals surface area (Å²) in [4.78, 5) is 12.4. The molecule has 0 radical (unpaired) electrons. The number of hydrogen-bond donors (Lipinski definition) is 1. The number of nitrogens with one attached hydrogen (secondary N) is 1. The van der Waals surface area contributed by atoms with Crippen molar-refractivity contribution < 1.29 is 9.18 Å². The van der Waals surface area contributed by atoms with Gasteiger partial charge in [-0.1, -0.05) is 27.7 Å². The van der Waals surface area contributed by atoms with Crippen LogP contribution in [-0.4, -0.2) is 11.9 Å². The standard InChI is InChI=1S/C17H23BrFNO/c1-16(2)8-12(9-17(3,4)10-16)20-15(21)13-6-5-11(19)7-14(13)18/h5-7,12H,8-10H2,1-4H3,(H,20,21). The van der Waals surface area contributed by atoms with Gasteiger partial charge in [-0.3, -0.25) is 4.79 Å². The molecule has 0 bridgehead atoms. The summed E-state index contributed by atoms with van der Waals surface area (Å²) in [6.45, 7) is 9.00. The zero-order valence-corrected chi connectivity index (χ0v) is 14.7. The summed E-state index contributed by atoms with van der Waals surface area (Å²) in [7, 11) is 0. The molecule has 1 amide bonds. The lowest BCUT2D eigenvalue weighted by Gasteiger charge is -2.45. The number of benzene rings is 1. The van der Waals surface area contributed by atoms with Gasteiger partial charge < -0.3 is 5.32 Å². The second-order valence-electron chi connectivity index (χ2n) is 7.71. The summed E-state index contributed by atoms with van der Waals surface area (Å²) >= 11 is 3.26. The highest BCUT2D eigenvalue weighted by molar-refractivity contribution is 9.10. The molecule has 1 fully saturated rings. The van der Waals surface area contributed by atoms with Crippen LogP contribution in [-0.2, 0) is 0 Å². The predicted octanol–water partition coefficient (Wildman–Crippen LogP) is 4.92. The van der Waals surface area contributed by atoms with Gasteiger partial charge >= 0.3 is 0 Å². The van der Waals surface area contributed by atoms with Crippen molar-refractivity contribution in [3.05, 3.63) is 34.1 Å². The van der Waals surface area contributed by atoms with Crippen LogP contribution in [0.4, 0.5) is 4.39 Å². The summed E-state index contributed by atoms with van der Waals surface area (Å²) in [6.07, 6.45) is 3.11. The predicted molar refractivity (Wildman–Crippen MR) is 86.8 cm³/mol. The first-order chi connectivity index (χ1) is 9.58. The zero-order chi connectivity index (χ0) is 15.8. The van der Waals surface area contributed by atoms with Crippen LogP contribution in [0.3, 0.4) is 0 Å². The van der Waals surface area contributed by atoms with Crippen LogP contribution in [0.2, 0.25) is 0 Å². The summed E-state index contributed by atoms with van der Waals surface area (Å²) < 4.78 is 13.6. The van der Waals surface area contributed by atoms with Gasteiger partial charge in [-0.25, -0.2) is 4.39 Å². The molecule has 0 saturated heterocycles. The largest absolute Gasteiger partial charge is 0.349 e. The van der Waals surface area contributed by atoms with Crippen LogP contribution in [0.25, 0.3) is 0 Å². The van der Waals surface area contributed by atoms with Gasteiger partial charge in [0.2, 0.25) is 0 Å². The molecule has 1 aromatic rings. The molecule has 2 nitrogen and oxygen atoms in total. The van der Waals surface area contributed by atoms with Gasteiger partial charge in [-0.05, 0) is 64.2 Å². The number of carbonyl (C=O) groups excluding carboxylic acids is 1. The maximum atomic E-state index is 13.1. The Morgan fingerprint density at radius 3 is 2.33 bits per heavy atom. The summed E-state index contributed by atoms with van der Waals surface area (Å²) in [6, 6.07) is 4.32. The minimum atomic E-state index is -0.349. The van der Waals surface area contributed by atoms with E-state index < -0.39 is 0 Å². The maximum absolute atomic E-state index is 13.1. The zero-order valence-electron chi connectivity index (χ0n) is 13.1. The third-order valence-corrected chi connectivity index (χ3v) is 4.72. The SMILES string of the molecule is CC1(C)CC(NC(=O)c2ccc(F)cc2Br)CC(C)(C)C1. The Morgan fingerprint density at radius 1 is 1.24 bits per heavy atom. The first-order valence-corrected chi connectivity index (χ1v) is 8.13. The van der Waals surface area contributed by atoms with E-state index in [9.17, 15) is 9.18 Å². The minimum absolute atomic E-state index is 0.139. The Morgan fingerprint density at radius 2 is 1.81 bits per heavy atom. The molecular weight excluding hydrogens is 333 g/mol. The Bertz CT molecular complexity index is 538. The number of amides is 1. The topological polar surface area (TPSA) is 29.1 Å². The number of halogens is 2. The quantitative estimate of drug-likeness (QED) is 0.800. The van der Waals surface area contributed by atoms with E-state index in [1.54, 1.807) is 0 Å². The molecule has 0 unspecified atom stereocenters. The third kappa shape index (κ3) is 4.29. The molecule has 2 rings (SSSR count). The lowest BCUT2D eigenvalue weighted by Crippen LogP contribution is -2.46. The molecule has 21 heavy (non-hydrogen) atoms. The lowest BCUT2D eigenvalue weighted by molar-refractivity contribution is 0.0713. The van der Waals surface area contributed by atoms with E-state index in [4.69, 9.17) is 0 Å². The Labute approximate surface area is 134 Å². The van der Waals surface area contributed by atoms with Gasteiger partial charge in [-0.15, -0.1) is 0 Å². The van der Waals surface area contributed by atoms with Crippen LogP contribution in [0.1, 0.15) is 57.3 Å². The van der Waals surface area contributed by atoms with Crippen molar-refractivity contribution in [3.8, 4) is 0 Å². The van der Waals surface area contributed by atoms with Crippen molar-refractivity contribution in [2.45, 2.75) is 53.0 Å². The molecule has 0 aliphatic heterocycles. The highest BCUT2D eigenvalue weighted by Gasteiger charge is 2.39.